The first-order chi connectivity index (χ1) is 20.0. The fourth-order valence-corrected chi connectivity index (χ4v) is 4.10. The summed E-state index contributed by atoms with van der Waals surface area (Å²) in [4.78, 5) is 65.8. The summed E-state index contributed by atoms with van der Waals surface area (Å²) in [5.74, 6) is -1.95. The Bertz CT molecular complexity index is 1030. The zero-order valence-corrected chi connectivity index (χ0v) is 24.8. The molecule has 234 valence electrons. The van der Waals surface area contributed by atoms with Crippen LogP contribution in [0.3, 0.4) is 0 Å². The monoisotopic (exact) mass is 593 g/mol. The summed E-state index contributed by atoms with van der Waals surface area (Å²) in [6.45, 7) is 6.35. The lowest BCUT2D eigenvalue weighted by molar-refractivity contribution is -0.156. The van der Waals surface area contributed by atoms with Crippen molar-refractivity contribution >= 4 is 29.6 Å². The van der Waals surface area contributed by atoms with Gasteiger partial charge in [-0.25, -0.2) is 0 Å². The van der Waals surface area contributed by atoms with Crippen LogP contribution in [0, 0.1) is 5.92 Å². The number of hydrogen-bond acceptors (Lipinski definition) is 10. The molecule has 4 amide bonds. The molecule has 0 spiro atoms. The number of aromatic nitrogens is 1. The summed E-state index contributed by atoms with van der Waals surface area (Å²) in [5, 5.41) is 8.00. The lowest BCUT2D eigenvalue weighted by atomic mass is 9.94. The van der Waals surface area contributed by atoms with Gasteiger partial charge in [-0.1, -0.05) is 6.07 Å². The molecule has 0 aromatic carbocycles. The van der Waals surface area contributed by atoms with E-state index in [1.165, 1.54) is 0 Å². The third-order valence-electron chi connectivity index (χ3n) is 5.97. The largest absolute Gasteiger partial charge is 0.460 e. The molecule has 14 heteroatoms. The fourth-order valence-electron chi connectivity index (χ4n) is 4.10. The zero-order valence-electron chi connectivity index (χ0n) is 24.8. The first-order valence-corrected chi connectivity index (χ1v) is 13.9. The predicted octanol–water partition coefficient (Wildman–Crippen LogP) is -0.269. The molecule has 2 heterocycles. The number of carbonyl (C=O) groups is 5. The number of ether oxygens (including phenoxy) is 4. The van der Waals surface area contributed by atoms with Crippen LogP contribution in [-0.4, -0.2) is 111 Å². The Morgan fingerprint density at radius 2 is 1.52 bits per heavy atom. The van der Waals surface area contributed by atoms with Crippen LogP contribution in [0.4, 0.5) is 0 Å². The van der Waals surface area contributed by atoms with Crippen molar-refractivity contribution in [3.05, 3.63) is 30.1 Å². The van der Waals surface area contributed by atoms with Gasteiger partial charge in [0.25, 0.3) is 0 Å². The maximum absolute atomic E-state index is 12.7. The Hall–Kier alpha value is -3.62. The minimum atomic E-state index is -0.541. The molecule has 14 nitrogen and oxygen atoms in total. The van der Waals surface area contributed by atoms with Gasteiger partial charge in [-0.3, -0.25) is 29.0 Å². The number of carbonyl (C=O) groups excluding carboxylic acids is 5. The first-order valence-electron chi connectivity index (χ1n) is 13.9. The van der Waals surface area contributed by atoms with E-state index < -0.39 is 11.5 Å². The van der Waals surface area contributed by atoms with Gasteiger partial charge in [0.1, 0.15) is 18.8 Å². The Balaban J connectivity index is 1.46. The number of pyridine rings is 1. The molecule has 3 N–H and O–H groups in total. The quantitative estimate of drug-likeness (QED) is 0.152. The van der Waals surface area contributed by atoms with Crippen molar-refractivity contribution in [2.24, 2.45) is 5.92 Å². The van der Waals surface area contributed by atoms with Crippen LogP contribution < -0.4 is 16.0 Å². The van der Waals surface area contributed by atoms with Gasteiger partial charge in [0, 0.05) is 45.5 Å². The Kier molecular flexibility index (Phi) is 14.8. The van der Waals surface area contributed by atoms with Crippen molar-refractivity contribution in [1.29, 1.82) is 0 Å². The molecule has 1 aliphatic heterocycles. The topological polar surface area (TPSA) is 174 Å². The van der Waals surface area contributed by atoms with Gasteiger partial charge in [0.2, 0.25) is 23.6 Å². The third kappa shape index (κ3) is 13.4. The van der Waals surface area contributed by atoms with E-state index in [2.05, 4.69) is 20.9 Å². The van der Waals surface area contributed by atoms with Crippen LogP contribution in [0.5, 0.6) is 0 Å². The molecular weight excluding hydrogens is 550 g/mol. The predicted molar refractivity (Wildman–Crippen MR) is 150 cm³/mol. The van der Waals surface area contributed by atoms with Crippen molar-refractivity contribution in [1.82, 2.24) is 25.8 Å². The lowest BCUT2D eigenvalue weighted by Crippen LogP contribution is -2.37. The number of likely N-dealkylation sites (tertiary alicyclic amines) is 1. The molecule has 1 saturated heterocycles. The van der Waals surface area contributed by atoms with Gasteiger partial charge in [0.15, 0.2) is 0 Å². The molecule has 1 aliphatic rings. The second kappa shape index (κ2) is 18.0. The standard InChI is InChI=1S/C28H43N5O9/c1-28(2,3)42-25(37)7-12-39-13-9-30-22(34)18-40-14-10-31-23(35)19-41-15-11-32-27(38)21-16-24(36)33(4)26(21)20-6-5-8-29-17-20/h5-6,8,17,21,26H,7,9-16,18-19H2,1-4H3,(H,30,34)(H,31,35)(H,32,38)/t21-,26+/m0/s1. The highest BCUT2D eigenvalue weighted by Crippen LogP contribution is 2.36. The minimum absolute atomic E-state index is 0.111. The van der Waals surface area contributed by atoms with Gasteiger partial charge in [-0.15, -0.1) is 0 Å². The molecule has 0 radical (unpaired) electrons. The van der Waals surface area contributed by atoms with Gasteiger partial charge in [-0.05, 0) is 32.4 Å². The normalized spacial score (nSPS) is 16.7. The average molecular weight is 594 g/mol. The second-order valence-corrected chi connectivity index (χ2v) is 10.6. The number of nitrogens with one attached hydrogen (secondary N) is 3. The highest BCUT2D eigenvalue weighted by molar-refractivity contribution is 5.90. The van der Waals surface area contributed by atoms with Crippen LogP contribution >= 0.6 is 0 Å². The molecule has 0 saturated carbocycles. The summed E-state index contributed by atoms with van der Waals surface area (Å²) < 4.78 is 21.0. The van der Waals surface area contributed by atoms with Gasteiger partial charge in [0.05, 0.1) is 44.8 Å². The Morgan fingerprint density at radius 3 is 2.10 bits per heavy atom. The maximum Gasteiger partial charge on any atom is 0.308 e. The molecule has 1 aromatic rings. The molecule has 42 heavy (non-hydrogen) atoms. The van der Waals surface area contributed by atoms with Crippen LogP contribution in [-0.2, 0) is 42.9 Å². The summed E-state index contributed by atoms with van der Waals surface area (Å²) >= 11 is 0. The number of nitrogens with zero attached hydrogens (tertiary/aromatic N) is 2. The summed E-state index contributed by atoms with van der Waals surface area (Å²) in [5.41, 5.74) is 0.258. The average Bonchev–Trinajstić information content (AvgIpc) is 3.23. The lowest BCUT2D eigenvalue weighted by Gasteiger charge is -2.24. The van der Waals surface area contributed by atoms with Crippen molar-refractivity contribution in [2.45, 2.75) is 45.3 Å². The number of amides is 4. The van der Waals surface area contributed by atoms with Gasteiger partial charge in [-0.2, -0.15) is 0 Å². The highest BCUT2D eigenvalue weighted by Gasteiger charge is 2.42. The van der Waals surface area contributed by atoms with Crippen LogP contribution in [0.2, 0.25) is 0 Å². The van der Waals surface area contributed by atoms with Gasteiger partial charge < -0.3 is 39.8 Å². The first kappa shape index (κ1) is 34.6. The minimum Gasteiger partial charge on any atom is -0.460 e. The van der Waals surface area contributed by atoms with Crippen LogP contribution in [0.1, 0.15) is 45.2 Å². The van der Waals surface area contributed by atoms with Crippen molar-refractivity contribution in [3.8, 4) is 0 Å². The molecule has 2 atom stereocenters. The van der Waals surface area contributed by atoms with E-state index in [0.717, 1.165) is 5.56 Å². The smallest absolute Gasteiger partial charge is 0.308 e. The van der Waals surface area contributed by atoms with E-state index in [1.54, 1.807) is 51.2 Å². The van der Waals surface area contributed by atoms with Crippen molar-refractivity contribution in [2.75, 3.05) is 66.3 Å². The summed E-state index contributed by atoms with van der Waals surface area (Å²) in [7, 11) is 1.67. The second-order valence-electron chi connectivity index (χ2n) is 10.6. The van der Waals surface area contributed by atoms with Crippen molar-refractivity contribution < 1.29 is 42.9 Å². The van der Waals surface area contributed by atoms with E-state index >= 15 is 0 Å². The van der Waals surface area contributed by atoms with Crippen LogP contribution in [0.15, 0.2) is 24.5 Å². The van der Waals surface area contributed by atoms with E-state index in [0.29, 0.717) is 0 Å². The summed E-state index contributed by atoms with van der Waals surface area (Å²) in [6.07, 6.45) is 3.53. The van der Waals surface area contributed by atoms with Gasteiger partial charge >= 0.3 is 5.97 Å². The van der Waals surface area contributed by atoms with E-state index in [4.69, 9.17) is 18.9 Å². The molecule has 2 rings (SSSR count). The van der Waals surface area contributed by atoms with E-state index in [9.17, 15) is 24.0 Å². The van der Waals surface area contributed by atoms with E-state index in [1.807, 2.05) is 6.07 Å². The molecule has 0 unspecified atom stereocenters. The number of rotatable bonds is 18. The van der Waals surface area contributed by atoms with Crippen LogP contribution in [0.25, 0.3) is 0 Å². The fraction of sp³-hybridized carbons (Fsp3) is 0.643. The molecule has 0 aliphatic carbocycles. The Labute approximate surface area is 246 Å². The molecule has 1 fully saturated rings. The summed E-state index contributed by atoms with van der Waals surface area (Å²) in [6, 6.07) is 3.22. The SMILES string of the molecule is CN1C(=O)C[C@H](C(=O)NCCOCC(=O)NCCOCC(=O)NCCOCCC(=O)OC(C)(C)C)[C@H]1c1cccnc1. The van der Waals surface area contributed by atoms with Crippen molar-refractivity contribution in [3.63, 3.8) is 0 Å². The molecule has 0 bridgehead atoms. The molecule has 1 aromatic heterocycles. The van der Waals surface area contributed by atoms with E-state index in [-0.39, 0.29) is 108 Å². The zero-order chi connectivity index (χ0) is 31.0. The maximum atomic E-state index is 12.7. The third-order valence-corrected chi connectivity index (χ3v) is 5.97. The highest BCUT2D eigenvalue weighted by atomic mass is 16.6. The number of esters is 1. The Morgan fingerprint density at radius 1 is 0.929 bits per heavy atom. The molecular formula is C28H43N5O9. The number of hydrogen-bond donors (Lipinski definition) is 3.